The molecule has 5 heteroatoms. The van der Waals surface area contributed by atoms with Crippen LogP contribution >= 0.6 is 22.6 Å². The van der Waals surface area contributed by atoms with Crippen molar-refractivity contribution in [2.45, 2.75) is 20.0 Å². The molecule has 2 aromatic carbocycles. The van der Waals surface area contributed by atoms with Crippen LogP contribution < -0.4 is 5.32 Å². The van der Waals surface area contributed by atoms with E-state index in [9.17, 15) is 4.79 Å². The van der Waals surface area contributed by atoms with Gasteiger partial charge < -0.3 is 5.32 Å². The molecule has 3 aromatic rings. The molecule has 1 aromatic heterocycles. The molecule has 3 rings (SSSR count). The van der Waals surface area contributed by atoms with Gasteiger partial charge in [0, 0.05) is 22.5 Å². The third kappa shape index (κ3) is 3.84. The third-order valence-electron chi connectivity index (χ3n) is 3.89. The third-order valence-corrected chi connectivity index (χ3v) is 5.32. The average Bonchev–Trinajstić information content (AvgIpc) is 3.09. The second kappa shape index (κ2) is 7.61. The number of hydrogen-bond donors (Lipinski definition) is 1. The van der Waals surface area contributed by atoms with E-state index >= 15 is 0 Å². The van der Waals surface area contributed by atoms with E-state index in [1.807, 2.05) is 60.3 Å². The van der Waals surface area contributed by atoms with Crippen LogP contribution in [0.2, 0.25) is 0 Å². The summed E-state index contributed by atoms with van der Waals surface area (Å²) in [5.41, 5.74) is 4.09. The predicted octanol–water partition coefficient (Wildman–Crippen LogP) is 3.77. The Hall–Kier alpha value is -2.15. The summed E-state index contributed by atoms with van der Waals surface area (Å²) in [6, 6.07) is 15.8. The minimum absolute atomic E-state index is 0.0445. The zero-order valence-electron chi connectivity index (χ0n) is 13.4. The Bertz CT molecular complexity index is 844. The fourth-order valence-electron chi connectivity index (χ4n) is 2.55. The van der Waals surface area contributed by atoms with Crippen molar-refractivity contribution in [1.82, 2.24) is 15.1 Å². The Morgan fingerprint density at radius 2 is 1.92 bits per heavy atom. The van der Waals surface area contributed by atoms with Crippen molar-refractivity contribution in [1.29, 1.82) is 0 Å². The van der Waals surface area contributed by atoms with Gasteiger partial charge in [-0.1, -0.05) is 36.4 Å². The highest BCUT2D eigenvalue weighted by Crippen LogP contribution is 2.17. The number of halogens is 1. The van der Waals surface area contributed by atoms with Crippen LogP contribution in [0.3, 0.4) is 0 Å². The van der Waals surface area contributed by atoms with Crippen molar-refractivity contribution in [2.24, 2.45) is 0 Å². The maximum atomic E-state index is 12.5. The molecule has 0 saturated heterocycles. The van der Waals surface area contributed by atoms with Gasteiger partial charge in [-0.25, -0.2) is 0 Å². The van der Waals surface area contributed by atoms with Gasteiger partial charge in [0.2, 0.25) is 0 Å². The van der Waals surface area contributed by atoms with Gasteiger partial charge in [-0.2, -0.15) is 5.10 Å². The molecule has 0 fully saturated rings. The summed E-state index contributed by atoms with van der Waals surface area (Å²) < 4.78 is 2.88. The Balaban J connectivity index is 1.73. The van der Waals surface area contributed by atoms with Crippen molar-refractivity contribution in [3.05, 3.63) is 86.7 Å². The van der Waals surface area contributed by atoms with Crippen LogP contribution in [0.4, 0.5) is 0 Å². The van der Waals surface area contributed by atoms with E-state index in [1.165, 1.54) is 0 Å². The molecule has 0 radical (unpaired) electrons. The number of carbonyl (C=O) groups excluding carboxylic acids is 1. The van der Waals surface area contributed by atoms with E-state index < -0.39 is 0 Å². The smallest absolute Gasteiger partial charge is 0.252 e. The summed E-state index contributed by atoms with van der Waals surface area (Å²) >= 11 is 2.22. The maximum absolute atomic E-state index is 12.5. The molecule has 1 amide bonds. The molecule has 0 unspecified atom stereocenters. The largest absolute Gasteiger partial charge is 0.348 e. The highest BCUT2D eigenvalue weighted by atomic mass is 127. The quantitative estimate of drug-likeness (QED) is 0.626. The number of rotatable bonds is 5. The fraction of sp³-hybridized carbons (Fsp3) is 0.158. The summed E-state index contributed by atoms with van der Waals surface area (Å²) in [6.07, 6.45) is 3.70. The average molecular weight is 431 g/mol. The molecule has 0 spiro atoms. The monoisotopic (exact) mass is 431 g/mol. The lowest BCUT2D eigenvalue weighted by atomic mass is 10.1. The Morgan fingerprint density at radius 3 is 2.67 bits per heavy atom. The SMILES string of the molecule is Cc1cccc(C(=O)NCc2ccccc2Cn2cccn2)c1I. The van der Waals surface area contributed by atoms with Gasteiger partial charge in [0.1, 0.15) is 0 Å². The number of carbonyl (C=O) groups is 1. The fourth-order valence-corrected chi connectivity index (χ4v) is 3.15. The highest BCUT2D eigenvalue weighted by Gasteiger charge is 2.11. The van der Waals surface area contributed by atoms with E-state index in [0.717, 1.165) is 25.8 Å². The predicted molar refractivity (Wildman–Crippen MR) is 103 cm³/mol. The second-order valence-corrected chi connectivity index (χ2v) is 6.67. The minimum atomic E-state index is -0.0445. The number of benzene rings is 2. The summed E-state index contributed by atoms with van der Waals surface area (Å²) in [7, 11) is 0. The van der Waals surface area contributed by atoms with Crippen molar-refractivity contribution < 1.29 is 4.79 Å². The summed E-state index contributed by atoms with van der Waals surface area (Å²) in [6.45, 7) is 3.21. The molecule has 1 heterocycles. The molecule has 0 bridgehead atoms. The lowest BCUT2D eigenvalue weighted by Gasteiger charge is -2.12. The standard InChI is InChI=1S/C19H18IN3O/c1-14-6-4-9-17(18(14)20)19(24)21-12-15-7-2-3-8-16(15)13-23-11-5-10-22-23/h2-11H,12-13H2,1H3,(H,21,24). The van der Waals surface area contributed by atoms with Gasteiger partial charge in [0.05, 0.1) is 12.1 Å². The van der Waals surface area contributed by atoms with Crippen LogP contribution in [0.1, 0.15) is 27.0 Å². The van der Waals surface area contributed by atoms with Gasteiger partial charge in [-0.3, -0.25) is 9.48 Å². The molecule has 4 nitrogen and oxygen atoms in total. The molecule has 0 aliphatic carbocycles. The summed E-state index contributed by atoms with van der Waals surface area (Å²) in [5, 5.41) is 7.27. The molecule has 1 N–H and O–H groups in total. The van der Waals surface area contributed by atoms with Crippen LogP contribution in [0.15, 0.2) is 60.9 Å². The molecule has 0 saturated carbocycles. The highest BCUT2D eigenvalue weighted by molar-refractivity contribution is 14.1. The zero-order valence-corrected chi connectivity index (χ0v) is 15.5. The molecular formula is C19H18IN3O. The number of aryl methyl sites for hydroxylation is 1. The van der Waals surface area contributed by atoms with Crippen LogP contribution in [0.25, 0.3) is 0 Å². The first-order valence-electron chi connectivity index (χ1n) is 7.72. The first-order chi connectivity index (χ1) is 11.6. The summed E-state index contributed by atoms with van der Waals surface area (Å²) in [5.74, 6) is -0.0445. The first kappa shape index (κ1) is 16.7. The van der Waals surface area contributed by atoms with Gasteiger partial charge >= 0.3 is 0 Å². The number of nitrogens with one attached hydrogen (secondary N) is 1. The number of aromatic nitrogens is 2. The van der Waals surface area contributed by atoms with Gasteiger partial charge in [0.15, 0.2) is 0 Å². The van der Waals surface area contributed by atoms with Crippen LogP contribution in [0, 0.1) is 10.5 Å². The molecule has 0 atom stereocenters. The molecule has 24 heavy (non-hydrogen) atoms. The van der Waals surface area contributed by atoms with E-state index in [4.69, 9.17) is 0 Å². The van der Waals surface area contributed by atoms with E-state index in [-0.39, 0.29) is 5.91 Å². The molecular weight excluding hydrogens is 413 g/mol. The number of amides is 1. The molecule has 0 aliphatic rings. The van der Waals surface area contributed by atoms with Gasteiger partial charge in [0.25, 0.3) is 5.91 Å². The first-order valence-corrected chi connectivity index (χ1v) is 8.80. The van der Waals surface area contributed by atoms with Crippen LogP contribution in [0.5, 0.6) is 0 Å². The minimum Gasteiger partial charge on any atom is -0.348 e. The summed E-state index contributed by atoms with van der Waals surface area (Å²) in [4.78, 5) is 12.5. The normalized spacial score (nSPS) is 10.6. The molecule has 0 aliphatic heterocycles. The lowest BCUT2D eigenvalue weighted by molar-refractivity contribution is 0.0950. The van der Waals surface area contributed by atoms with E-state index in [2.05, 4.69) is 39.1 Å². The second-order valence-electron chi connectivity index (χ2n) is 5.59. The zero-order chi connectivity index (χ0) is 16.9. The van der Waals surface area contributed by atoms with Crippen molar-refractivity contribution >= 4 is 28.5 Å². The number of hydrogen-bond acceptors (Lipinski definition) is 2. The lowest BCUT2D eigenvalue weighted by Crippen LogP contribution is -2.24. The van der Waals surface area contributed by atoms with Gasteiger partial charge in [-0.05, 0) is 58.3 Å². The van der Waals surface area contributed by atoms with Crippen molar-refractivity contribution in [3.8, 4) is 0 Å². The topological polar surface area (TPSA) is 46.9 Å². The van der Waals surface area contributed by atoms with Crippen molar-refractivity contribution in [2.75, 3.05) is 0 Å². The maximum Gasteiger partial charge on any atom is 0.252 e. The Kier molecular flexibility index (Phi) is 5.30. The van der Waals surface area contributed by atoms with Crippen LogP contribution in [-0.2, 0) is 13.1 Å². The van der Waals surface area contributed by atoms with E-state index in [0.29, 0.717) is 13.1 Å². The Morgan fingerprint density at radius 1 is 1.12 bits per heavy atom. The van der Waals surface area contributed by atoms with E-state index in [1.54, 1.807) is 6.20 Å². The van der Waals surface area contributed by atoms with Gasteiger partial charge in [-0.15, -0.1) is 0 Å². The molecule has 122 valence electrons. The van der Waals surface area contributed by atoms with Crippen molar-refractivity contribution in [3.63, 3.8) is 0 Å². The van der Waals surface area contributed by atoms with Crippen LogP contribution in [-0.4, -0.2) is 15.7 Å². The number of nitrogens with zero attached hydrogens (tertiary/aromatic N) is 2. The Labute approximate surface area is 155 Å².